The first-order chi connectivity index (χ1) is 12.8. The molecule has 130 valence electrons. The average Bonchev–Trinajstić information content (AvgIpc) is 3.21. The molecule has 26 heavy (non-hydrogen) atoms. The van der Waals surface area contributed by atoms with Gasteiger partial charge in [0.05, 0.1) is 23.1 Å². The van der Waals surface area contributed by atoms with Crippen LogP contribution in [0.25, 0.3) is 21.9 Å². The third-order valence-corrected chi connectivity index (χ3v) is 4.74. The molecule has 0 saturated carbocycles. The first-order valence-electron chi connectivity index (χ1n) is 8.85. The Balaban J connectivity index is 1.78. The van der Waals surface area contributed by atoms with Crippen molar-refractivity contribution in [2.45, 2.75) is 25.9 Å². The van der Waals surface area contributed by atoms with Crippen molar-refractivity contribution < 1.29 is 5.11 Å². The van der Waals surface area contributed by atoms with Gasteiger partial charge in [0.2, 0.25) is 0 Å². The molecule has 0 fully saturated rings. The minimum Gasteiger partial charge on any atom is -0.396 e. The van der Waals surface area contributed by atoms with E-state index in [-0.39, 0.29) is 6.61 Å². The fraction of sp³-hybridized carbons (Fsp3) is 0.238. The number of hydrogen-bond acceptors (Lipinski definition) is 3. The van der Waals surface area contributed by atoms with E-state index in [1.807, 2.05) is 48.7 Å². The van der Waals surface area contributed by atoms with Gasteiger partial charge in [0, 0.05) is 30.3 Å². The van der Waals surface area contributed by atoms with E-state index in [4.69, 9.17) is 10.1 Å². The second-order valence-electron chi connectivity index (χ2n) is 6.40. The molecular weight excluding hydrogens is 324 g/mol. The zero-order chi connectivity index (χ0) is 17.9. The molecule has 0 amide bonds. The maximum Gasteiger partial charge on any atom is 0.129 e. The molecule has 0 aliphatic heterocycles. The lowest BCUT2D eigenvalue weighted by Gasteiger charge is -2.10. The van der Waals surface area contributed by atoms with Crippen LogP contribution in [0, 0.1) is 11.3 Å². The fourth-order valence-corrected chi connectivity index (χ4v) is 3.50. The summed E-state index contributed by atoms with van der Waals surface area (Å²) >= 11 is 0. The Hall–Kier alpha value is -3.10. The smallest absolute Gasteiger partial charge is 0.129 e. The van der Waals surface area contributed by atoms with Gasteiger partial charge in [-0.2, -0.15) is 5.26 Å². The van der Waals surface area contributed by atoms with Crippen LogP contribution in [-0.2, 0) is 13.1 Å². The third-order valence-electron chi connectivity index (χ3n) is 4.74. The van der Waals surface area contributed by atoms with Crippen LogP contribution in [0.4, 0.5) is 0 Å². The summed E-state index contributed by atoms with van der Waals surface area (Å²) in [5, 5.41) is 19.5. The molecule has 0 aliphatic rings. The lowest BCUT2D eigenvalue weighted by molar-refractivity contribution is 0.281. The molecular formula is C21H20N4O. The molecule has 5 heteroatoms. The molecule has 0 aliphatic carbocycles. The number of nitriles is 1. The summed E-state index contributed by atoms with van der Waals surface area (Å²) in [4.78, 5) is 4.83. The van der Waals surface area contributed by atoms with E-state index in [1.165, 1.54) is 0 Å². The summed E-state index contributed by atoms with van der Waals surface area (Å²) in [6, 6.07) is 18.4. The number of aryl methyl sites for hydroxylation is 1. The van der Waals surface area contributed by atoms with E-state index >= 15 is 0 Å². The molecule has 0 radical (unpaired) electrons. The number of benzene rings is 2. The van der Waals surface area contributed by atoms with Crippen molar-refractivity contribution in [2.75, 3.05) is 6.61 Å². The predicted molar refractivity (Wildman–Crippen MR) is 102 cm³/mol. The largest absolute Gasteiger partial charge is 0.396 e. The summed E-state index contributed by atoms with van der Waals surface area (Å²) in [6.07, 6.45) is 3.58. The highest BCUT2D eigenvalue weighted by Crippen LogP contribution is 2.23. The molecule has 0 bridgehead atoms. The SMILES string of the molecule is N#Cc1cn(Cc2nc3ccccc3n2CCCCO)c2ccccc12. The van der Waals surface area contributed by atoms with Crippen LogP contribution in [0.15, 0.2) is 54.7 Å². The maximum atomic E-state index is 9.42. The number of aliphatic hydroxyl groups excluding tert-OH is 1. The molecule has 1 N–H and O–H groups in total. The zero-order valence-electron chi connectivity index (χ0n) is 14.5. The Morgan fingerprint density at radius 3 is 2.58 bits per heavy atom. The maximum absolute atomic E-state index is 9.42. The highest BCUT2D eigenvalue weighted by molar-refractivity contribution is 5.86. The number of aromatic nitrogens is 3. The van der Waals surface area contributed by atoms with Gasteiger partial charge in [-0.1, -0.05) is 30.3 Å². The van der Waals surface area contributed by atoms with Gasteiger partial charge in [-0.15, -0.1) is 0 Å². The zero-order valence-corrected chi connectivity index (χ0v) is 14.5. The molecule has 0 atom stereocenters. The fourth-order valence-electron chi connectivity index (χ4n) is 3.50. The molecule has 0 spiro atoms. The van der Waals surface area contributed by atoms with Gasteiger partial charge in [0.25, 0.3) is 0 Å². The first kappa shape index (κ1) is 16.4. The van der Waals surface area contributed by atoms with E-state index in [0.717, 1.165) is 47.1 Å². The molecule has 4 aromatic rings. The van der Waals surface area contributed by atoms with Crippen molar-refractivity contribution in [1.29, 1.82) is 5.26 Å². The normalized spacial score (nSPS) is 11.2. The second-order valence-corrected chi connectivity index (χ2v) is 6.40. The summed E-state index contributed by atoms with van der Waals surface area (Å²) in [6.45, 7) is 1.63. The van der Waals surface area contributed by atoms with Crippen LogP contribution in [0.1, 0.15) is 24.2 Å². The lowest BCUT2D eigenvalue weighted by Crippen LogP contribution is -2.09. The highest BCUT2D eigenvalue weighted by atomic mass is 16.2. The number of unbranched alkanes of at least 4 members (excludes halogenated alkanes) is 1. The highest BCUT2D eigenvalue weighted by Gasteiger charge is 2.13. The number of nitrogens with zero attached hydrogens (tertiary/aromatic N) is 4. The summed E-state index contributed by atoms with van der Waals surface area (Å²) in [5.74, 6) is 0.967. The Morgan fingerprint density at radius 1 is 1.00 bits per heavy atom. The van der Waals surface area contributed by atoms with Crippen LogP contribution in [0.5, 0.6) is 0 Å². The molecule has 2 aromatic heterocycles. The topological polar surface area (TPSA) is 66.8 Å². The summed E-state index contributed by atoms with van der Waals surface area (Å²) < 4.78 is 4.32. The molecule has 0 unspecified atom stereocenters. The Morgan fingerprint density at radius 2 is 1.77 bits per heavy atom. The molecule has 0 saturated heterocycles. The van der Waals surface area contributed by atoms with Crippen LogP contribution in [0.2, 0.25) is 0 Å². The van der Waals surface area contributed by atoms with Gasteiger partial charge < -0.3 is 14.2 Å². The minimum atomic E-state index is 0.204. The Labute approximate surface area is 151 Å². The molecule has 2 heterocycles. The number of rotatable bonds is 6. The van der Waals surface area contributed by atoms with Crippen molar-refractivity contribution in [1.82, 2.24) is 14.1 Å². The van der Waals surface area contributed by atoms with Gasteiger partial charge in [-0.3, -0.25) is 0 Å². The van der Waals surface area contributed by atoms with Crippen molar-refractivity contribution in [3.05, 3.63) is 66.1 Å². The number of hydrogen-bond donors (Lipinski definition) is 1. The second kappa shape index (κ2) is 7.03. The van der Waals surface area contributed by atoms with Crippen LogP contribution >= 0.6 is 0 Å². The molecule has 5 nitrogen and oxygen atoms in total. The minimum absolute atomic E-state index is 0.204. The monoisotopic (exact) mass is 344 g/mol. The van der Waals surface area contributed by atoms with Crippen LogP contribution < -0.4 is 0 Å². The first-order valence-corrected chi connectivity index (χ1v) is 8.85. The van der Waals surface area contributed by atoms with E-state index < -0.39 is 0 Å². The summed E-state index contributed by atoms with van der Waals surface area (Å²) in [5.41, 5.74) is 3.81. The van der Waals surface area contributed by atoms with Gasteiger partial charge in [-0.25, -0.2) is 4.98 Å². The summed E-state index contributed by atoms with van der Waals surface area (Å²) in [7, 11) is 0. The third kappa shape index (κ3) is 2.85. The van der Waals surface area contributed by atoms with Gasteiger partial charge in [-0.05, 0) is 31.0 Å². The number of imidazole rings is 1. The van der Waals surface area contributed by atoms with Crippen LogP contribution in [0.3, 0.4) is 0 Å². The van der Waals surface area contributed by atoms with Gasteiger partial charge >= 0.3 is 0 Å². The quantitative estimate of drug-likeness (QED) is 0.543. The van der Waals surface area contributed by atoms with E-state index in [0.29, 0.717) is 12.1 Å². The number of aliphatic hydroxyl groups is 1. The van der Waals surface area contributed by atoms with Crippen molar-refractivity contribution in [3.63, 3.8) is 0 Å². The van der Waals surface area contributed by atoms with E-state index in [1.54, 1.807) is 0 Å². The molecule has 2 aromatic carbocycles. The van der Waals surface area contributed by atoms with E-state index in [2.05, 4.69) is 21.3 Å². The Bertz CT molecular complexity index is 1100. The number of fused-ring (bicyclic) bond motifs is 2. The van der Waals surface area contributed by atoms with Crippen molar-refractivity contribution in [2.24, 2.45) is 0 Å². The lowest BCUT2D eigenvalue weighted by atomic mass is 10.2. The molecule has 4 rings (SSSR count). The van der Waals surface area contributed by atoms with Crippen molar-refractivity contribution in [3.8, 4) is 6.07 Å². The van der Waals surface area contributed by atoms with Gasteiger partial charge in [0.1, 0.15) is 11.9 Å². The van der Waals surface area contributed by atoms with E-state index in [9.17, 15) is 5.26 Å². The standard InChI is InChI=1S/C21H20N4O/c22-13-16-14-24(19-9-3-1-7-17(16)19)15-21-23-18-8-2-4-10-20(18)25(21)11-5-6-12-26/h1-4,7-10,14,26H,5-6,11-12,15H2. The van der Waals surface area contributed by atoms with Gasteiger partial charge in [0.15, 0.2) is 0 Å². The number of para-hydroxylation sites is 3. The predicted octanol–water partition coefficient (Wildman–Crippen LogP) is 3.68. The average molecular weight is 344 g/mol. The Kier molecular flexibility index (Phi) is 4.42. The van der Waals surface area contributed by atoms with Crippen LogP contribution in [-0.4, -0.2) is 25.8 Å². The van der Waals surface area contributed by atoms with Crippen molar-refractivity contribution >= 4 is 21.9 Å².